The number of carbonyl (C=O) groups is 2. The summed E-state index contributed by atoms with van der Waals surface area (Å²) in [6.07, 6.45) is 1.61. The smallest absolute Gasteiger partial charge is 0.360 e. The van der Waals surface area contributed by atoms with E-state index in [1.165, 1.54) is 18.3 Å². The monoisotopic (exact) mass is 462 g/mol. The fraction of sp³-hybridized carbons (Fsp3) is 0.522. The molecule has 3 amide bonds. The van der Waals surface area contributed by atoms with E-state index in [2.05, 4.69) is 10.5 Å². The average molecular weight is 462 g/mol. The van der Waals surface area contributed by atoms with Crippen molar-refractivity contribution in [3.63, 3.8) is 0 Å². The van der Waals surface area contributed by atoms with Gasteiger partial charge in [0.15, 0.2) is 5.76 Å². The molecule has 1 aromatic carbocycles. The summed E-state index contributed by atoms with van der Waals surface area (Å²) in [7, 11) is 0. The summed E-state index contributed by atoms with van der Waals surface area (Å²) in [4.78, 5) is 29.2. The molecule has 0 atom stereocenters. The van der Waals surface area contributed by atoms with E-state index >= 15 is 0 Å². The van der Waals surface area contributed by atoms with Crippen LogP contribution in [0.2, 0.25) is 0 Å². The first kappa shape index (κ1) is 21.8. The molecule has 2 aromatic rings. The Bertz CT molecular complexity index is 1040. The number of nitrogens with zero attached hydrogens (tertiary/aromatic N) is 3. The highest BCUT2D eigenvalue weighted by molar-refractivity contribution is 5.95. The number of aromatic nitrogens is 1. The molecule has 3 heterocycles. The van der Waals surface area contributed by atoms with Gasteiger partial charge < -0.3 is 19.6 Å². The van der Waals surface area contributed by atoms with Crippen molar-refractivity contribution in [1.82, 2.24) is 15.0 Å². The van der Waals surface area contributed by atoms with Gasteiger partial charge in [-0.3, -0.25) is 4.79 Å². The van der Waals surface area contributed by atoms with E-state index in [4.69, 9.17) is 4.52 Å². The van der Waals surface area contributed by atoms with Crippen LogP contribution < -0.4 is 5.32 Å². The third kappa shape index (κ3) is 4.43. The first-order chi connectivity index (χ1) is 15.7. The van der Waals surface area contributed by atoms with E-state index in [0.717, 1.165) is 44.2 Å². The zero-order valence-corrected chi connectivity index (χ0v) is 18.0. The van der Waals surface area contributed by atoms with Crippen LogP contribution in [0.1, 0.15) is 59.7 Å². The molecule has 1 spiro atoms. The van der Waals surface area contributed by atoms with Crippen molar-refractivity contribution in [1.29, 1.82) is 0 Å². The van der Waals surface area contributed by atoms with E-state index in [0.29, 0.717) is 49.1 Å². The maximum Gasteiger partial charge on any atom is 0.416 e. The Hall–Kier alpha value is -3.04. The standard InChI is InChI=1S/C23H25F3N4O3/c24-23(25,26)16-3-5-17(6-4-16)28-21(32)30-12-9-22(14-30)7-10-29(11-8-22)20(31)18-13-27-33-19(18)15-1-2-15/h3-6,13,15H,1-2,7-12,14H2,(H,28,32). The molecule has 1 saturated carbocycles. The van der Waals surface area contributed by atoms with Crippen molar-refractivity contribution < 1.29 is 27.3 Å². The van der Waals surface area contributed by atoms with Crippen LogP contribution in [-0.4, -0.2) is 53.1 Å². The van der Waals surface area contributed by atoms with E-state index in [9.17, 15) is 22.8 Å². The lowest BCUT2D eigenvalue weighted by molar-refractivity contribution is -0.137. The summed E-state index contributed by atoms with van der Waals surface area (Å²) < 4.78 is 43.5. The summed E-state index contributed by atoms with van der Waals surface area (Å²) in [5.41, 5.74) is 0.103. The Morgan fingerprint density at radius 3 is 2.27 bits per heavy atom. The molecule has 7 nitrogen and oxygen atoms in total. The fourth-order valence-electron chi connectivity index (χ4n) is 4.87. The van der Waals surface area contributed by atoms with Crippen molar-refractivity contribution in [2.24, 2.45) is 5.41 Å². The molecule has 0 bridgehead atoms. The molecule has 10 heteroatoms. The number of carbonyl (C=O) groups excluding carboxylic acids is 2. The molecule has 2 saturated heterocycles. The third-order valence-corrected chi connectivity index (χ3v) is 7.08. The van der Waals surface area contributed by atoms with Crippen LogP contribution in [0.5, 0.6) is 0 Å². The molecule has 33 heavy (non-hydrogen) atoms. The number of nitrogens with one attached hydrogen (secondary N) is 1. The van der Waals surface area contributed by atoms with Crippen molar-refractivity contribution >= 4 is 17.6 Å². The zero-order chi connectivity index (χ0) is 23.2. The minimum atomic E-state index is -4.41. The molecule has 3 fully saturated rings. The van der Waals surface area contributed by atoms with Crippen molar-refractivity contribution in [2.75, 3.05) is 31.5 Å². The number of amides is 3. The largest absolute Gasteiger partial charge is 0.416 e. The first-order valence-corrected chi connectivity index (χ1v) is 11.2. The zero-order valence-electron chi connectivity index (χ0n) is 18.0. The number of piperidine rings is 1. The number of benzene rings is 1. The highest BCUT2D eigenvalue weighted by atomic mass is 19.4. The van der Waals surface area contributed by atoms with Crippen LogP contribution in [0.4, 0.5) is 23.7 Å². The molecule has 3 aliphatic rings. The molecule has 1 aromatic heterocycles. The molecule has 1 N–H and O–H groups in total. The summed E-state index contributed by atoms with van der Waals surface area (Å²) in [5, 5.41) is 6.51. The Balaban J connectivity index is 1.15. The molecule has 0 radical (unpaired) electrons. The van der Waals surface area contributed by atoms with Gasteiger partial charge >= 0.3 is 12.2 Å². The maximum atomic E-state index is 13.0. The first-order valence-electron chi connectivity index (χ1n) is 11.2. The number of urea groups is 1. The lowest BCUT2D eigenvalue weighted by Gasteiger charge is -2.39. The molecular formula is C23H25F3N4O3. The van der Waals surface area contributed by atoms with Gasteiger partial charge in [-0.2, -0.15) is 13.2 Å². The van der Waals surface area contributed by atoms with Crippen LogP contribution in [0.25, 0.3) is 0 Å². The van der Waals surface area contributed by atoms with E-state index in [1.54, 1.807) is 4.90 Å². The number of rotatable bonds is 3. The van der Waals surface area contributed by atoms with E-state index in [-0.39, 0.29) is 17.4 Å². The molecule has 2 aliphatic heterocycles. The molecule has 176 valence electrons. The van der Waals surface area contributed by atoms with Crippen LogP contribution in [0.3, 0.4) is 0 Å². The fourth-order valence-corrected chi connectivity index (χ4v) is 4.87. The summed E-state index contributed by atoms with van der Waals surface area (Å²) in [6, 6.07) is 4.12. The second-order valence-electron chi connectivity index (χ2n) is 9.35. The van der Waals surface area contributed by atoms with Crippen molar-refractivity contribution in [3.05, 3.63) is 47.3 Å². The summed E-state index contributed by atoms with van der Waals surface area (Å²) in [5.74, 6) is 0.976. The predicted molar refractivity (Wildman–Crippen MR) is 113 cm³/mol. The van der Waals surface area contributed by atoms with Crippen LogP contribution in [-0.2, 0) is 6.18 Å². The normalized spacial score (nSPS) is 20.3. The average Bonchev–Trinajstić information content (AvgIpc) is 3.37. The minimum absolute atomic E-state index is 0.0390. The topological polar surface area (TPSA) is 78.7 Å². The highest BCUT2D eigenvalue weighted by Gasteiger charge is 2.43. The van der Waals surface area contributed by atoms with Gasteiger partial charge in [0.2, 0.25) is 0 Å². The third-order valence-electron chi connectivity index (χ3n) is 7.08. The van der Waals surface area contributed by atoms with E-state index in [1.807, 2.05) is 4.90 Å². The van der Waals surface area contributed by atoms with Gasteiger partial charge in [-0.15, -0.1) is 0 Å². The SMILES string of the molecule is O=C(Nc1ccc(C(F)(F)F)cc1)N1CCC2(CCN(C(=O)c3cnoc3C3CC3)CC2)C1. The van der Waals surface area contributed by atoms with Gasteiger partial charge in [-0.25, -0.2) is 4.79 Å². The molecule has 1 aliphatic carbocycles. The van der Waals surface area contributed by atoms with Crippen molar-refractivity contribution in [3.8, 4) is 0 Å². The number of hydrogen-bond acceptors (Lipinski definition) is 4. The second kappa shape index (κ2) is 8.07. The van der Waals surface area contributed by atoms with Gasteiger partial charge in [0.1, 0.15) is 5.56 Å². The Labute approximate surface area is 188 Å². The number of alkyl halides is 3. The highest BCUT2D eigenvalue weighted by Crippen LogP contribution is 2.43. The molecule has 0 unspecified atom stereocenters. The lowest BCUT2D eigenvalue weighted by atomic mass is 9.77. The molecular weight excluding hydrogens is 437 g/mol. The van der Waals surface area contributed by atoms with E-state index < -0.39 is 11.7 Å². The van der Waals surface area contributed by atoms with Gasteiger partial charge in [-0.05, 0) is 61.8 Å². The Morgan fingerprint density at radius 1 is 1.03 bits per heavy atom. The van der Waals surface area contributed by atoms with Gasteiger partial charge in [0.25, 0.3) is 5.91 Å². The molecule has 5 rings (SSSR count). The Kier molecular flexibility index (Phi) is 5.33. The second-order valence-corrected chi connectivity index (χ2v) is 9.35. The van der Waals surface area contributed by atoms with Gasteiger partial charge in [-0.1, -0.05) is 5.16 Å². The lowest BCUT2D eigenvalue weighted by Crippen LogP contribution is -2.45. The number of likely N-dealkylation sites (tertiary alicyclic amines) is 2. The minimum Gasteiger partial charge on any atom is -0.360 e. The summed E-state index contributed by atoms with van der Waals surface area (Å²) in [6.45, 7) is 2.38. The number of hydrogen-bond donors (Lipinski definition) is 1. The van der Waals surface area contributed by atoms with Crippen LogP contribution in [0.15, 0.2) is 35.0 Å². The number of halogens is 3. The van der Waals surface area contributed by atoms with Gasteiger partial charge in [0.05, 0.1) is 11.8 Å². The van der Waals surface area contributed by atoms with Gasteiger partial charge in [0, 0.05) is 37.8 Å². The maximum absolute atomic E-state index is 13.0. The summed E-state index contributed by atoms with van der Waals surface area (Å²) >= 11 is 0. The quantitative estimate of drug-likeness (QED) is 0.715. The number of anilines is 1. The van der Waals surface area contributed by atoms with Crippen molar-refractivity contribution in [2.45, 2.75) is 44.2 Å². The van der Waals surface area contributed by atoms with Crippen LogP contribution in [0, 0.1) is 5.41 Å². The Morgan fingerprint density at radius 2 is 1.67 bits per heavy atom. The van der Waals surface area contributed by atoms with Crippen LogP contribution >= 0.6 is 0 Å². The predicted octanol–water partition coefficient (Wildman–Crippen LogP) is 4.73.